The highest BCUT2D eigenvalue weighted by molar-refractivity contribution is 7.89. The van der Waals surface area contributed by atoms with Gasteiger partial charge in [0.25, 0.3) is 0 Å². The summed E-state index contributed by atoms with van der Waals surface area (Å²) in [5.41, 5.74) is 2.39. The largest absolute Gasteiger partial charge is 0.242 e. The van der Waals surface area contributed by atoms with Crippen molar-refractivity contribution in [1.29, 1.82) is 0 Å². The van der Waals surface area contributed by atoms with E-state index in [1.807, 2.05) is 24.4 Å². The lowest BCUT2D eigenvalue weighted by Gasteiger charge is -2.14. The predicted molar refractivity (Wildman–Crippen MR) is 77.9 cm³/mol. The van der Waals surface area contributed by atoms with Gasteiger partial charge in [-0.2, -0.15) is 0 Å². The van der Waals surface area contributed by atoms with Crippen LogP contribution in [0.25, 0.3) is 11.3 Å². The summed E-state index contributed by atoms with van der Waals surface area (Å²) >= 11 is 1.55. The van der Waals surface area contributed by atoms with Crippen molar-refractivity contribution in [2.75, 3.05) is 14.1 Å². The minimum absolute atomic E-state index is 0.334. The molecule has 4 nitrogen and oxygen atoms in total. The quantitative estimate of drug-likeness (QED) is 0.875. The smallest absolute Gasteiger partial charge is 0.242 e. The third kappa shape index (κ3) is 2.70. The molecular formula is C13H16N2O2S2. The highest BCUT2D eigenvalue weighted by Crippen LogP contribution is 2.27. The normalized spacial score (nSPS) is 12.1. The first-order valence-electron chi connectivity index (χ1n) is 5.78. The lowest BCUT2D eigenvalue weighted by Crippen LogP contribution is -2.23. The molecule has 0 aliphatic heterocycles. The van der Waals surface area contributed by atoms with Gasteiger partial charge in [-0.15, -0.1) is 11.3 Å². The molecule has 19 heavy (non-hydrogen) atoms. The average Bonchev–Trinajstić information content (AvgIpc) is 2.76. The molecule has 0 unspecified atom stereocenters. The average molecular weight is 296 g/mol. The van der Waals surface area contributed by atoms with Crippen LogP contribution >= 0.6 is 11.3 Å². The first-order valence-corrected chi connectivity index (χ1v) is 8.10. The van der Waals surface area contributed by atoms with Crippen molar-refractivity contribution in [3.05, 3.63) is 34.2 Å². The van der Waals surface area contributed by atoms with Gasteiger partial charge in [0, 0.05) is 25.0 Å². The van der Waals surface area contributed by atoms with Crippen LogP contribution in [0.5, 0.6) is 0 Å². The molecule has 1 aromatic heterocycles. The van der Waals surface area contributed by atoms with Gasteiger partial charge >= 0.3 is 0 Å². The highest BCUT2D eigenvalue weighted by Gasteiger charge is 2.20. The second-order valence-corrected chi connectivity index (χ2v) is 7.70. The third-order valence-electron chi connectivity index (χ3n) is 2.86. The Balaban J connectivity index is 2.58. The molecule has 2 rings (SSSR count). The van der Waals surface area contributed by atoms with E-state index in [-0.39, 0.29) is 0 Å². The first-order chi connectivity index (χ1) is 8.82. The lowest BCUT2D eigenvalue weighted by atomic mass is 10.1. The van der Waals surface area contributed by atoms with Crippen molar-refractivity contribution in [3.8, 4) is 11.3 Å². The molecule has 0 atom stereocenters. The lowest BCUT2D eigenvalue weighted by molar-refractivity contribution is 0.520. The van der Waals surface area contributed by atoms with E-state index in [0.717, 1.165) is 21.8 Å². The Morgan fingerprint density at radius 3 is 2.42 bits per heavy atom. The number of benzene rings is 1. The standard InChI is InChI=1S/C13H16N2O2S2/c1-9-5-6-11(12-8-18-10(2)14-12)7-13(9)19(16,17)15(3)4/h5-8H,1-4H3. The van der Waals surface area contributed by atoms with Crippen molar-refractivity contribution in [2.24, 2.45) is 0 Å². The molecular weight excluding hydrogens is 280 g/mol. The van der Waals surface area contributed by atoms with Gasteiger partial charge in [0.2, 0.25) is 10.0 Å². The van der Waals surface area contributed by atoms with Gasteiger partial charge in [0.1, 0.15) is 0 Å². The number of hydrogen-bond acceptors (Lipinski definition) is 4. The monoisotopic (exact) mass is 296 g/mol. The number of nitrogens with zero attached hydrogens (tertiary/aromatic N) is 2. The zero-order valence-electron chi connectivity index (χ0n) is 11.3. The van der Waals surface area contributed by atoms with E-state index in [1.165, 1.54) is 18.4 Å². The zero-order valence-corrected chi connectivity index (χ0v) is 13.0. The molecule has 0 spiro atoms. The zero-order chi connectivity index (χ0) is 14.2. The Labute approximate surface area is 117 Å². The van der Waals surface area contributed by atoms with Gasteiger partial charge in [-0.05, 0) is 25.5 Å². The van der Waals surface area contributed by atoms with E-state index in [9.17, 15) is 8.42 Å². The van der Waals surface area contributed by atoms with Crippen molar-refractivity contribution < 1.29 is 8.42 Å². The first kappa shape index (κ1) is 14.2. The van der Waals surface area contributed by atoms with Gasteiger partial charge in [0.05, 0.1) is 15.6 Å². The van der Waals surface area contributed by atoms with E-state index < -0.39 is 10.0 Å². The Morgan fingerprint density at radius 2 is 1.89 bits per heavy atom. The summed E-state index contributed by atoms with van der Waals surface area (Å²) < 4.78 is 25.7. The number of rotatable bonds is 3. The summed E-state index contributed by atoms with van der Waals surface area (Å²) in [6, 6.07) is 5.41. The van der Waals surface area contributed by atoms with Crippen LogP contribution in [0.3, 0.4) is 0 Å². The SMILES string of the molecule is Cc1nc(-c2ccc(C)c(S(=O)(=O)N(C)C)c2)cs1. The molecule has 0 saturated carbocycles. The molecule has 0 bridgehead atoms. The van der Waals surface area contributed by atoms with Gasteiger partial charge in [0.15, 0.2) is 0 Å². The van der Waals surface area contributed by atoms with E-state index in [1.54, 1.807) is 24.3 Å². The second kappa shape index (κ2) is 5.03. The highest BCUT2D eigenvalue weighted by atomic mass is 32.2. The Morgan fingerprint density at radius 1 is 1.21 bits per heavy atom. The topological polar surface area (TPSA) is 50.3 Å². The maximum absolute atomic E-state index is 12.2. The van der Waals surface area contributed by atoms with Crippen molar-refractivity contribution in [2.45, 2.75) is 18.7 Å². The summed E-state index contributed by atoms with van der Waals surface area (Å²) in [7, 11) is -0.350. The number of aryl methyl sites for hydroxylation is 2. The maximum Gasteiger partial charge on any atom is 0.242 e. The molecule has 102 valence electrons. The summed E-state index contributed by atoms with van der Waals surface area (Å²) in [6.45, 7) is 3.73. The molecule has 0 aliphatic rings. The molecule has 0 fully saturated rings. The van der Waals surface area contributed by atoms with E-state index in [0.29, 0.717) is 4.90 Å². The maximum atomic E-state index is 12.2. The molecule has 0 amide bonds. The minimum atomic E-state index is -3.42. The molecule has 6 heteroatoms. The van der Waals surface area contributed by atoms with Crippen LogP contribution < -0.4 is 0 Å². The fourth-order valence-corrected chi connectivity index (χ4v) is 3.50. The van der Waals surface area contributed by atoms with E-state index in [4.69, 9.17) is 0 Å². The van der Waals surface area contributed by atoms with Crippen LogP contribution in [0.2, 0.25) is 0 Å². The summed E-state index contributed by atoms with van der Waals surface area (Å²) in [5, 5.41) is 2.90. The summed E-state index contributed by atoms with van der Waals surface area (Å²) in [4.78, 5) is 4.72. The summed E-state index contributed by atoms with van der Waals surface area (Å²) in [5.74, 6) is 0. The molecule has 0 aliphatic carbocycles. The molecule has 0 saturated heterocycles. The summed E-state index contributed by atoms with van der Waals surface area (Å²) in [6.07, 6.45) is 0. The van der Waals surface area contributed by atoms with Crippen molar-refractivity contribution >= 4 is 21.4 Å². The van der Waals surface area contributed by atoms with Crippen LogP contribution in [0.1, 0.15) is 10.6 Å². The number of sulfonamides is 1. The Bertz CT molecular complexity index is 703. The van der Waals surface area contributed by atoms with Gasteiger partial charge in [-0.3, -0.25) is 0 Å². The Kier molecular flexibility index (Phi) is 3.75. The number of thiazole rings is 1. The molecule has 1 heterocycles. The van der Waals surface area contributed by atoms with Crippen LogP contribution in [0.15, 0.2) is 28.5 Å². The van der Waals surface area contributed by atoms with E-state index in [2.05, 4.69) is 4.98 Å². The second-order valence-electron chi connectivity index (χ2n) is 4.52. The third-order valence-corrected chi connectivity index (χ3v) is 5.59. The molecule has 2 aromatic rings. The van der Waals surface area contributed by atoms with Crippen LogP contribution in [-0.4, -0.2) is 31.8 Å². The fraction of sp³-hybridized carbons (Fsp3) is 0.308. The van der Waals surface area contributed by atoms with Crippen LogP contribution in [0, 0.1) is 13.8 Å². The van der Waals surface area contributed by atoms with Crippen molar-refractivity contribution in [1.82, 2.24) is 9.29 Å². The predicted octanol–water partition coefficient (Wildman–Crippen LogP) is 2.68. The van der Waals surface area contributed by atoms with E-state index >= 15 is 0 Å². The Hall–Kier alpha value is -1.24. The van der Waals surface area contributed by atoms with Crippen molar-refractivity contribution in [3.63, 3.8) is 0 Å². The van der Waals surface area contributed by atoms with Gasteiger partial charge < -0.3 is 0 Å². The minimum Gasteiger partial charge on any atom is -0.242 e. The van der Waals surface area contributed by atoms with Gasteiger partial charge in [-0.25, -0.2) is 17.7 Å². The number of aromatic nitrogens is 1. The fourth-order valence-electron chi connectivity index (χ4n) is 1.73. The molecule has 0 radical (unpaired) electrons. The number of hydrogen-bond donors (Lipinski definition) is 0. The van der Waals surface area contributed by atoms with Crippen LogP contribution in [0.4, 0.5) is 0 Å². The molecule has 1 aromatic carbocycles. The molecule has 0 N–H and O–H groups in total. The van der Waals surface area contributed by atoms with Crippen LogP contribution in [-0.2, 0) is 10.0 Å². The van der Waals surface area contributed by atoms with Gasteiger partial charge in [-0.1, -0.05) is 12.1 Å².